The molecule has 1 fully saturated rings. The number of hydrazine groups is 1. The molecule has 18 heavy (non-hydrogen) atoms. The Bertz CT molecular complexity index is 580. The molecule has 2 aromatic rings. The van der Waals surface area contributed by atoms with Crippen LogP contribution in [0.25, 0.3) is 0 Å². The average molecular weight is 258 g/mol. The second-order valence-corrected chi connectivity index (χ2v) is 4.91. The van der Waals surface area contributed by atoms with Crippen LogP contribution in [0.3, 0.4) is 0 Å². The quantitative estimate of drug-likeness (QED) is 0.837. The van der Waals surface area contributed by atoms with E-state index in [4.69, 9.17) is 0 Å². The molecule has 0 spiro atoms. The highest BCUT2D eigenvalue weighted by atomic mass is 32.1. The minimum Gasteiger partial charge on any atom is -0.286 e. The van der Waals surface area contributed by atoms with Crippen molar-refractivity contribution in [2.75, 3.05) is 5.01 Å². The highest BCUT2D eigenvalue weighted by molar-refractivity contribution is 7.10. The van der Waals surface area contributed by atoms with E-state index in [-0.39, 0.29) is 0 Å². The number of ketones is 1. The summed E-state index contributed by atoms with van der Waals surface area (Å²) in [5.41, 5.74) is 3.41. The number of carbonyl (C=O) groups is 2. The van der Waals surface area contributed by atoms with Crippen molar-refractivity contribution in [3.8, 4) is 0 Å². The zero-order valence-corrected chi connectivity index (χ0v) is 10.2. The standard InChI is InChI=1S/C13H10N2O2S/c16-12-11(10-7-4-8-18-10)15(14-13(12)17)9-5-2-1-3-6-9/h1-8,11H,(H,14,17). The van der Waals surface area contributed by atoms with Crippen LogP contribution in [0.15, 0.2) is 47.8 Å². The molecule has 3 rings (SSSR count). The van der Waals surface area contributed by atoms with Crippen molar-refractivity contribution < 1.29 is 9.59 Å². The summed E-state index contributed by atoms with van der Waals surface area (Å²) >= 11 is 1.47. The Morgan fingerprint density at radius 1 is 1.06 bits per heavy atom. The van der Waals surface area contributed by atoms with E-state index in [0.29, 0.717) is 0 Å². The zero-order valence-electron chi connectivity index (χ0n) is 9.37. The smallest absolute Gasteiger partial charge is 0.286 e. The van der Waals surface area contributed by atoms with Crippen molar-refractivity contribution in [3.63, 3.8) is 0 Å². The van der Waals surface area contributed by atoms with E-state index < -0.39 is 17.7 Å². The second-order valence-electron chi connectivity index (χ2n) is 3.93. The van der Waals surface area contributed by atoms with E-state index in [1.807, 2.05) is 47.8 Å². The molecule has 0 radical (unpaired) electrons. The summed E-state index contributed by atoms with van der Waals surface area (Å²) in [4.78, 5) is 24.4. The maximum absolute atomic E-state index is 11.9. The van der Waals surface area contributed by atoms with Crippen LogP contribution in [0.2, 0.25) is 0 Å². The molecule has 0 bridgehead atoms. The van der Waals surface area contributed by atoms with Crippen molar-refractivity contribution in [1.82, 2.24) is 5.43 Å². The first-order valence-electron chi connectivity index (χ1n) is 5.50. The molecule has 1 aliphatic heterocycles. The number of anilines is 1. The number of hydrogen-bond acceptors (Lipinski definition) is 4. The summed E-state index contributed by atoms with van der Waals surface area (Å²) < 4.78 is 0. The molecule has 2 heterocycles. The Morgan fingerprint density at radius 2 is 1.83 bits per heavy atom. The van der Waals surface area contributed by atoms with Crippen molar-refractivity contribution in [2.45, 2.75) is 6.04 Å². The molecule has 90 valence electrons. The summed E-state index contributed by atoms with van der Waals surface area (Å²) in [5.74, 6) is -0.974. The van der Waals surface area contributed by atoms with Gasteiger partial charge in [-0.25, -0.2) is 0 Å². The normalized spacial score (nSPS) is 19.1. The first-order valence-corrected chi connectivity index (χ1v) is 6.38. The molecule has 1 N–H and O–H groups in total. The van der Waals surface area contributed by atoms with Gasteiger partial charge >= 0.3 is 5.91 Å². The minimum absolute atomic E-state index is 0.415. The van der Waals surface area contributed by atoms with E-state index in [2.05, 4.69) is 5.43 Å². The average Bonchev–Trinajstić information content (AvgIpc) is 3.00. The van der Waals surface area contributed by atoms with Crippen molar-refractivity contribution >= 4 is 28.7 Å². The number of carbonyl (C=O) groups excluding carboxylic acids is 2. The molecular formula is C13H10N2O2S. The number of amides is 1. The third-order valence-corrected chi connectivity index (χ3v) is 3.72. The first kappa shape index (κ1) is 11.0. The lowest BCUT2D eigenvalue weighted by atomic mass is 10.1. The number of benzene rings is 1. The van der Waals surface area contributed by atoms with Gasteiger partial charge in [0, 0.05) is 4.88 Å². The van der Waals surface area contributed by atoms with Crippen LogP contribution in [0, 0.1) is 0 Å². The molecule has 1 amide bonds. The Labute approximate surface area is 108 Å². The van der Waals surface area contributed by atoms with Crippen molar-refractivity contribution in [3.05, 3.63) is 52.7 Å². The number of thiophene rings is 1. The molecule has 4 nitrogen and oxygen atoms in total. The van der Waals surface area contributed by atoms with E-state index in [9.17, 15) is 9.59 Å². The number of hydrogen-bond donors (Lipinski definition) is 1. The fourth-order valence-corrected chi connectivity index (χ4v) is 2.79. The van der Waals surface area contributed by atoms with Gasteiger partial charge in [0.05, 0.1) is 5.69 Å². The minimum atomic E-state index is -0.558. The summed E-state index contributed by atoms with van der Waals surface area (Å²) in [6.45, 7) is 0. The summed E-state index contributed by atoms with van der Waals surface area (Å²) in [5, 5.41) is 3.52. The molecule has 1 saturated heterocycles. The summed E-state index contributed by atoms with van der Waals surface area (Å²) in [6.07, 6.45) is 0. The second kappa shape index (κ2) is 4.27. The highest BCUT2D eigenvalue weighted by Gasteiger charge is 2.41. The Hall–Kier alpha value is -2.14. The van der Waals surface area contributed by atoms with Gasteiger partial charge in [0.2, 0.25) is 0 Å². The molecule has 1 aromatic heterocycles. The maximum atomic E-state index is 11.9. The van der Waals surface area contributed by atoms with E-state index in [0.717, 1.165) is 10.6 Å². The lowest BCUT2D eigenvalue weighted by molar-refractivity contribution is -0.135. The van der Waals surface area contributed by atoms with Gasteiger partial charge in [-0.1, -0.05) is 24.3 Å². The number of nitrogens with one attached hydrogen (secondary N) is 1. The molecule has 0 aliphatic carbocycles. The van der Waals surface area contributed by atoms with Gasteiger partial charge in [0.15, 0.2) is 6.04 Å². The fourth-order valence-electron chi connectivity index (χ4n) is 1.98. The monoisotopic (exact) mass is 258 g/mol. The summed E-state index contributed by atoms with van der Waals surface area (Å²) in [7, 11) is 0. The lowest BCUT2D eigenvalue weighted by Gasteiger charge is -2.23. The topological polar surface area (TPSA) is 49.4 Å². The van der Waals surface area contributed by atoms with E-state index in [1.54, 1.807) is 5.01 Å². The molecule has 5 heteroatoms. The largest absolute Gasteiger partial charge is 0.308 e. The molecule has 1 aliphatic rings. The van der Waals surface area contributed by atoms with Crippen LogP contribution >= 0.6 is 11.3 Å². The van der Waals surface area contributed by atoms with Gasteiger partial charge in [0.1, 0.15) is 0 Å². The number of nitrogens with zero attached hydrogens (tertiary/aromatic N) is 1. The van der Waals surface area contributed by atoms with Gasteiger partial charge in [-0.15, -0.1) is 11.3 Å². The zero-order chi connectivity index (χ0) is 12.5. The van der Waals surface area contributed by atoms with E-state index >= 15 is 0 Å². The predicted octanol–water partition coefficient (Wildman–Crippen LogP) is 1.91. The van der Waals surface area contributed by atoms with Crippen LogP contribution in [0.4, 0.5) is 5.69 Å². The SMILES string of the molecule is O=C1NN(c2ccccc2)C(c2cccs2)C1=O. The van der Waals surface area contributed by atoms with Crippen molar-refractivity contribution in [1.29, 1.82) is 0 Å². The number of para-hydroxylation sites is 1. The fraction of sp³-hybridized carbons (Fsp3) is 0.0769. The van der Waals surface area contributed by atoms with Crippen LogP contribution in [-0.2, 0) is 9.59 Å². The molecule has 0 saturated carbocycles. The maximum Gasteiger partial charge on any atom is 0.308 e. The Balaban J connectivity index is 2.03. The first-order chi connectivity index (χ1) is 8.77. The Morgan fingerprint density at radius 3 is 2.50 bits per heavy atom. The van der Waals surface area contributed by atoms with Gasteiger partial charge in [-0.05, 0) is 23.6 Å². The summed E-state index contributed by atoms with van der Waals surface area (Å²) in [6, 6.07) is 12.5. The van der Waals surface area contributed by atoms with Crippen molar-refractivity contribution in [2.24, 2.45) is 0 Å². The Kier molecular flexibility index (Phi) is 2.60. The third kappa shape index (κ3) is 1.69. The van der Waals surface area contributed by atoms with Gasteiger partial charge in [-0.3, -0.25) is 20.0 Å². The molecular weight excluding hydrogens is 248 g/mol. The van der Waals surface area contributed by atoms with Crippen LogP contribution < -0.4 is 10.4 Å². The van der Waals surface area contributed by atoms with Gasteiger partial charge in [-0.2, -0.15) is 0 Å². The third-order valence-electron chi connectivity index (χ3n) is 2.80. The lowest BCUT2D eigenvalue weighted by Crippen LogP contribution is -2.34. The predicted molar refractivity (Wildman–Crippen MR) is 69.1 cm³/mol. The van der Waals surface area contributed by atoms with Gasteiger partial charge in [0.25, 0.3) is 5.78 Å². The number of rotatable bonds is 2. The van der Waals surface area contributed by atoms with Crippen LogP contribution in [0.5, 0.6) is 0 Å². The van der Waals surface area contributed by atoms with Crippen LogP contribution in [0.1, 0.15) is 10.9 Å². The molecule has 1 atom stereocenters. The highest BCUT2D eigenvalue weighted by Crippen LogP contribution is 2.32. The number of Topliss-reactive ketones (excluding diaryl/α,β-unsaturated/α-hetero) is 1. The van der Waals surface area contributed by atoms with E-state index in [1.165, 1.54) is 11.3 Å². The van der Waals surface area contributed by atoms with Crippen LogP contribution in [-0.4, -0.2) is 11.7 Å². The molecule has 1 unspecified atom stereocenters. The molecule has 1 aromatic carbocycles. The van der Waals surface area contributed by atoms with Gasteiger partial charge < -0.3 is 0 Å².